The second-order valence-corrected chi connectivity index (χ2v) is 10.0. The Bertz CT molecular complexity index is 1200. The van der Waals surface area contributed by atoms with Crippen LogP contribution in [0, 0.1) is 6.92 Å². The molecule has 4 rings (SSSR count). The molecule has 3 aromatic rings. The molecular weight excluding hydrogens is 458 g/mol. The molecule has 1 aliphatic heterocycles. The van der Waals surface area contributed by atoms with Crippen LogP contribution in [0.5, 0.6) is 5.75 Å². The Morgan fingerprint density at radius 2 is 2.03 bits per heavy atom. The number of rotatable bonds is 8. The van der Waals surface area contributed by atoms with E-state index in [9.17, 15) is 9.59 Å². The van der Waals surface area contributed by atoms with Crippen molar-refractivity contribution in [2.24, 2.45) is 0 Å². The smallest absolute Gasteiger partial charge is 0.273 e. The number of carbonyl (C=O) groups excluding carboxylic acids is 1. The Morgan fingerprint density at radius 3 is 2.76 bits per heavy atom. The molecule has 33 heavy (non-hydrogen) atoms. The molecule has 0 unspecified atom stereocenters. The van der Waals surface area contributed by atoms with E-state index in [2.05, 4.69) is 15.2 Å². The van der Waals surface area contributed by atoms with E-state index in [1.807, 2.05) is 32.0 Å². The van der Waals surface area contributed by atoms with Gasteiger partial charge in [0.2, 0.25) is 5.91 Å². The molecule has 176 valence electrons. The molecule has 1 N–H and O–H groups in total. The maximum atomic E-state index is 13.2. The Morgan fingerprint density at radius 1 is 1.24 bits per heavy atom. The fraction of sp³-hybridized carbons (Fsp3) is 0.478. The highest BCUT2D eigenvalue weighted by Crippen LogP contribution is 2.30. The van der Waals surface area contributed by atoms with Crippen LogP contribution in [-0.2, 0) is 11.3 Å². The molecule has 0 spiro atoms. The van der Waals surface area contributed by atoms with E-state index >= 15 is 0 Å². The third kappa shape index (κ3) is 5.33. The first kappa shape index (κ1) is 23.6. The Labute approximate surface area is 201 Å². The number of hydrogen-bond donors (Lipinski definition) is 1. The number of hydrogen-bond acceptors (Lipinski definition) is 8. The summed E-state index contributed by atoms with van der Waals surface area (Å²) in [4.78, 5) is 37.5. The molecular formula is C23H29N5O3S2. The van der Waals surface area contributed by atoms with Crippen LogP contribution in [0.15, 0.2) is 28.2 Å². The van der Waals surface area contributed by atoms with Crippen molar-refractivity contribution in [3.63, 3.8) is 0 Å². The van der Waals surface area contributed by atoms with E-state index in [4.69, 9.17) is 9.72 Å². The normalized spacial score (nSPS) is 14.0. The van der Waals surface area contributed by atoms with Crippen molar-refractivity contribution < 1.29 is 9.53 Å². The molecule has 1 fully saturated rings. The predicted octanol–water partition coefficient (Wildman–Crippen LogP) is 4.30. The third-order valence-electron chi connectivity index (χ3n) is 5.51. The van der Waals surface area contributed by atoms with Crippen LogP contribution in [0.4, 0.5) is 10.8 Å². The molecule has 8 nitrogen and oxygen atoms in total. The van der Waals surface area contributed by atoms with Gasteiger partial charge >= 0.3 is 0 Å². The Balaban J connectivity index is 1.56. The number of thiazole rings is 1. The lowest BCUT2D eigenvalue weighted by atomic mass is 10.1. The first-order valence-electron chi connectivity index (χ1n) is 11.2. The number of fused-ring (bicyclic) bond motifs is 1. The molecule has 1 aliphatic rings. The second-order valence-electron chi connectivity index (χ2n) is 8.09. The maximum absolute atomic E-state index is 13.2. The van der Waals surface area contributed by atoms with Crippen molar-refractivity contribution in [1.29, 1.82) is 0 Å². The van der Waals surface area contributed by atoms with Crippen LogP contribution in [0.2, 0.25) is 0 Å². The Kier molecular flexibility index (Phi) is 7.54. The summed E-state index contributed by atoms with van der Waals surface area (Å²) in [5.74, 6) is 0.546. The van der Waals surface area contributed by atoms with Gasteiger partial charge in [-0.3, -0.25) is 14.2 Å². The fourth-order valence-corrected chi connectivity index (χ4v) is 5.68. The van der Waals surface area contributed by atoms with Crippen molar-refractivity contribution in [2.45, 2.75) is 51.2 Å². The number of aromatic nitrogens is 3. The average molecular weight is 488 g/mol. The summed E-state index contributed by atoms with van der Waals surface area (Å²) in [6.45, 7) is 6.46. The highest BCUT2D eigenvalue weighted by atomic mass is 32.2. The zero-order valence-electron chi connectivity index (χ0n) is 19.2. The topological polar surface area (TPSA) is 89.3 Å². The maximum Gasteiger partial charge on any atom is 0.273 e. The molecule has 0 bridgehead atoms. The summed E-state index contributed by atoms with van der Waals surface area (Å²) in [5, 5.41) is 4.29. The van der Waals surface area contributed by atoms with Crippen molar-refractivity contribution >= 4 is 50.2 Å². The van der Waals surface area contributed by atoms with Crippen LogP contribution in [0.25, 0.3) is 10.3 Å². The lowest BCUT2D eigenvalue weighted by molar-refractivity contribution is -0.113. The quantitative estimate of drug-likeness (QED) is 0.374. The second kappa shape index (κ2) is 10.6. The van der Waals surface area contributed by atoms with E-state index in [1.54, 1.807) is 11.7 Å². The standard InChI is InChI=1S/C23H29N5O3S2/c1-4-10-28-21(30)19-20(25-22(33-19)27-11-6-5-7-12-27)26-23(28)32-14-18(29)24-16-13-15(2)8-9-17(16)31-3/h8-9,13H,4-7,10-12,14H2,1-3H3,(H,24,29). The third-order valence-corrected chi connectivity index (χ3v) is 7.57. The number of benzene rings is 1. The minimum atomic E-state index is -0.187. The van der Waals surface area contributed by atoms with Crippen LogP contribution in [0.3, 0.4) is 0 Å². The molecule has 1 saturated heterocycles. The minimum absolute atomic E-state index is 0.0779. The van der Waals surface area contributed by atoms with Gasteiger partial charge in [0.15, 0.2) is 15.9 Å². The van der Waals surface area contributed by atoms with E-state index in [0.29, 0.717) is 33.5 Å². The summed E-state index contributed by atoms with van der Waals surface area (Å²) in [6, 6.07) is 5.63. The van der Waals surface area contributed by atoms with Gasteiger partial charge in [0.05, 0.1) is 18.6 Å². The molecule has 0 atom stereocenters. The van der Waals surface area contributed by atoms with Crippen LogP contribution in [-0.4, -0.2) is 46.4 Å². The van der Waals surface area contributed by atoms with Crippen LogP contribution < -0.4 is 20.5 Å². The summed E-state index contributed by atoms with van der Waals surface area (Å²) >= 11 is 2.68. The number of piperidine rings is 1. The number of ether oxygens (including phenoxy) is 1. The van der Waals surface area contributed by atoms with Crippen molar-refractivity contribution in [3.05, 3.63) is 34.1 Å². The summed E-state index contributed by atoms with van der Waals surface area (Å²) in [7, 11) is 1.57. The average Bonchev–Trinajstić information content (AvgIpc) is 3.25. The number of aryl methyl sites for hydroxylation is 1. The van der Waals surface area contributed by atoms with Gasteiger partial charge < -0.3 is 15.0 Å². The van der Waals surface area contributed by atoms with Crippen molar-refractivity contribution in [3.8, 4) is 5.75 Å². The molecule has 2 aromatic heterocycles. The van der Waals surface area contributed by atoms with Gasteiger partial charge in [-0.05, 0) is 50.3 Å². The zero-order chi connectivity index (χ0) is 23.4. The van der Waals surface area contributed by atoms with Gasteiger partial charge in [-0.2, -0.15) is 4.98 Å². The SMILES string of the molecule is CCCn1c(SCC(=O)Nc2cc(C)ccc2OC)nc2nc(N3CCCCC3)sc2c1=O. The first-order valence-corrected chi connectivity index (χ1v) is 13.0. The van der Waals surface area contributed by atoms with Crippen molar-refractivity contribution in [2.75, 3.05) is 36.2 Å². The van der Waals surface area contributed by atoms with E-state index in [1.165, 1.54) is 29.5 Å². The molecule has 0 aliphatic carbocycles. The molecule has 0 saturated carbocycles. The summed E-state index contributed by atoms with van der Waals surface area (Å²) < 4.78 is 7.60. The predicted molar refractivity (Wildman–Crippen MR) is 135 cm³/mol. The van der Waals surface area contributed by atoms with Gasteiger partial charge in [-0.1, -0.05) is 36.1 Å². The van der Waals surface area contributed by atoms with Gasteiger partial charge in [0, 0.05) is 19.6 Å². The molecule has 1 aromatic carbocycles. The minimum Gasteiger partial charge on any atom is -0.495 e. The number of nitrogens with zero attached hydrogens (tertiary/aromatic N) is 4. The molecule has 3 heterocycles. The van der Waals surface area contributed by atoms with Gasteiger partial charge in [0.1, 0.15) is 10.4 Å². The lowest BCUT2D eigenvalue weighted by Gasteiger charge is -2.25. The first-order chi connectivity index (χ1) is 16.0. The molecule has 10 heteroatoms. The lowest BCUT2D eigenvalue weighted by Crippen LogP contribution is -2.29. The number of methoxy groups -OCH3 is 1. The van der Waals surface area contributed by atoms with E-state index in [-0.39, 0.29) is 17.2 Å². The van der Waals surface area contributed by atoms with Crippen LogP contribution in [0.1, 0.15) is 38.2 Å². The number of carbonyl (C=O) groups is 1. The number of amides is 1. The van der Waals surface area contributed by atoms with Gasteiger partial charge in [0.25, 0.3) is 5.56 Å². The van der Waals surface area contributed by atoms with Crippen LogP contribution >= 0.6 is 23.1 Å². The van der Waals surface area contributed by atoms with E-state index in [0.717, 1.165) is 43.0 Å². The number of thioether (sulfide) groups is 1. The molecule has 0 radical (unpaired) electrons. The van der Waals surface area contributed by atoms with Gasteiger partial charge in [-0.25, -0.2) is 4.98 Å². The van der Waals surface area contributed by atoms with E-state index < -0.39 is 0 Å². The Hall–Kier alpha value is -2.59. The summed E-state index contributed by atoms with van der Waals surface area (Å²) in [6.07, 6.45) is 4.32. The van der Waals surface area contributed by atoms with Crippen molar-refractivity contribution in [1.82, 2.24) is 14.5 Å². The largest absolute Gasteiger partial charge is 0.495 e. The highest BCUT2D eigenvalue weighted by Gasteiger charge is 2.20. The molecule has 1 amide bonds. The fourth-order valence-electron chi connectivity index (χ4n) is 3.86. The zero-order valence-corrected chi connectivity index (χ0v) is 20.9. The highest BCUT2D eigenvalue weighted by molar-refractivity contribution is 7.99. The number of nitrogens with one attached hydrogen (secondary N) is 1. The monoisotopic (exact) mass is 487 g/mol. The van der Waals surface area contributed by atoms with Gasteiger partial charge in [-0.15, -0.1) is 0 Å². The number of anilines is 2. The summed E-state index contributed by atoms with van der Waals surface area (Å²) in [5.41, 5.74) is 2.05.